The Morgan fingerprint density at radius 1 is 1.20 bits per heavy atom. The van der Waals surface area contributed by atoms with E-state index in [1.54, 1.807) is 0 Å². The molecule has 1 aliphatic rings. The maximum absolute atomic E-state index is 11.9. The molecule has 0 heterocycles. The normalized spacial score (nSPS) is 19.1. The Balaban J connectivity index is 2.32. The number of urea groups is 1. The van der Waals surface area contributed by atoms with Crippen LogP contribution in [0.2, 0.25) is 0 Å². The summed E-state index contributed by atoms with van der Waals surface area (Å²) in [6.07, 6.45) is 7.73. The molecule has 0 saturated heterocycles. The topological polar surface area (TPSA) is 78.4 Å². The van der Waals surface area contributed by atoms with E-state index < -0.39 is 5.97 Å². The molecule has 0 aliphatic heterocycles. The predicted molar refractivity (Wildman–Crippen MR) is 78.7 cm³/mol. The molecule has 5 nitrogen and oxygen atoms in total. The number of carbonyl (C=O) groups excluding carboxylic acids is 1. The van der Waals surface area contributed by atoms with Gasteiger partial charge in [0.15, 0.2) is 0 Å². The minimum absolute atomic E-state index is 0.0846. The monoisotopic (exact) mass is 284 g/mol. The average molecular weight is 284 g/mol. The molecule has 1 rings (SSSR count). The summed E-state index contributed by atoms with van der Waals surface area (Å²) in [7, 11) is 0. The van der Waals surface area contributed by atoms with Crippen molar-refractivity contribution in [3.63, 3.8) is 0 Å². The van der Waals surface area contributed by atoms with Crippen molar-refractivity contribution < 1.29 is 14.7 Å². The zero-order valence-corrected chi connectivity index (χ0v) is 12.7. The molecule has 1 fully saturated rings. The molecule has 1 saturated carbocycles. The molecular weight excluding hydrogens is 256 g/mol. The number of rotatable bonds is 7. The molecular formula is C15H28N2O3. The first-order valence-electron chi connectivity index (χ1n) is 7.81. The van der Waals surface area contributed by atoms with Crippen LogP contribution >= 0.6 is 0 Å². The van der Waals surface area contributed by atoms with Gasteiger partial charge in [-0.05, 0) is 38.5 Å². The van der Waals surface area contributed by atoms with Crippen LogP contribution in [0.1, 0.15) is 65.2 Å². The van der Waals surface area contributed by atoms with Crippen molar-refractivity contribution >= 4 is 12.0 Å². The highest BCUT2D eigenvalue weighted by Crippen LogP contribution is 2.27. The number of nitrogens with one attached hydrogen (secondary N) is 2. The van der Waals surface area contributed by atoms with E-state index in [1.807, 2.05) is 6.92 Å². The van der Waals surface area contributed by atoms with Crippen LogP contribution in [0.25, 0.3) is 0 Å². The number of hydrogen-bond donors (Lipinski definition) is 3. The van der Waals surface area contributed by atoms with Gasteiger partial charge in [-0.3, -0.25) is 4.79 Å². The number of carboxylic acid groups (broad SMARTS) is 1. The molecule has 3 N–H and O–H groups in total. The Morgan fingerprint density at radius 3 is 2.40 bits per heavy atom. The summed E-state index contributed by atoms with van der Waals surface area (Å²) < 4.78 is 0. The Kier molecular flexibility index (Phi) is 7.41. The molecule has 2 unspecified atom stereocenters. The SMILES string of the molecule is CCC(NC(=O)NC(C)CCC(=O)O)C1CCCCC1. The molecule has 0 radical (unpaired) electrons. The van der Waals surface area contributed by atoms with Gasteiger partial charge < -0.3 is 15.7 Å². The van der Waals surface area contributed by atoms with Crippen molar-refractivity contribution in [2.24, 2.45) is 5.92 Å². The second-order valence-electron chi connectivity index (χ2n) is 5.86. The van der Waals surface area contributed by atoms with Crippen LogP contribution in [-0.4, -0.2) is 29.2 Å². The van der Waals surface area contributed by atoms with Crippen molar-refractivity contribution in [1.29, 1.82) is 0 Å². The standard InChI is InChI=1S/C15H28N2O3/c1-3-13(12-7-5-4-6-8-12)17-15(20)16-11(2)9-10-14(18)19/h11-13H,3-10H2,1-2H3,(H,18,19)(H2,16,17,20). The number of carbonyl (C=O) groups is 2. The highest BCUT2D eigenvalue weighted by Gasteiger charge is 2.23. The third-order valence-corrected chi connectivity index (χ3v) is 4.14. The van der Waals surface area contributed by atoms with Crippen LogP contribution < -0.4 is 10.6 Å². The molecule has 2 atom stereocenters. The summed E-state index contributed by atoms with van der Waals surface area (Å²) in [4.78, 5) is 22.4. The van der Waals surface area contributed by atoms with E-state index in [0.717, 1.165) is 6.42 Å². The van der Waals surface area contributed by atoms with Crippen molar-refractivity contribution in [3.05, 3.63) is 0 Å². The van der Waals surface area contributed by atoms with E-state index in [2.05, 4.69) is 17.6 Å². The van der Waals surface area contributed by atoms with Gasteiger partial charge >= 0.3 is 12.0 Å². The molecule has 5 heteroatoms. The lowest BCUT2D eigenvalue weighted by molar-refractivity contribution is -0.137. The third-order valence-electron chi connectivity index (χ3n) is 4.14. The summed E-state index contributed by atoms with van der Waals surface area (Å²) in [5, 5.41) is 14.5. The van der Waals surface area contributed by atoms with E-state index in [4.69, 9.17) is 5.11 Å². The second kappa shape index (κ2) is 8.82. The molecule has 0 aromatic heterocycles. The Bertz CT molecular complexity index is 314. The fourth-order valence-corrected chi connectivity index (χ4v) is 2.94. The van der Waals surface area contributed by atoms with Crippen LogP contribution in [0.5, 0.6) is 0 Å². The summed E-state index contributed by atoms with van der Waals surface area (Å²) >= 11 is 0. The van der Waals surface area contributed by atoms with E-state index in [-0.39, 0.29) is 24.5 Å². The minimum atomic E-state index is -0.826. The first-order chi connectivity index (χ1) is 9.52. The third kappa shape index (κ3) is 6.26. The Morgan fingerprint density at radius 2 is 1.85 bits per heavy atom. The first-order valence-corrected chi connectivity index (χ1v) is 7.81. The lowest BCUT2D eigenvalue weighted by Gasteiger charge is -2.30. The fraction of sp³-hybridized carbons (Fsp3) is 0.867. The van der Waals surface area contributed by atoms with Crippen LogP contribution in [-0.2, 0) is 4.79 Å². The van der Waals surface area contributed by atoms with Crippen LogP contribution in [0, 0.1) is 5.92 Å². The molecule has 0 aromatic carbocycles. The van der Waals surface area contributed by atoms with Gasteiger partial charge in [0.25, 0.3) is 0 Å². The van der Waals surface area contributed by atoms with Crippen LogP contribution in [0.4, 0.5) is 4.79 Å². The number of aliphatic carboxylic acids is 1. The van der Waals surface area contributed by atoms with E-state index in [1.165, 1.54) is 32.1 Å². The first kappa shape index (κ1) is 16.8. The van der Waals surface area contributed by atoms with Crippen LogP contribution in [0.3, 0.4) is 0 Å². The smallest absolute Gasteiger partial charge is 0.315 e. The molecule has 1 aliphatic carbocycles. The minimum Gasteiger partial charge on any atom is -0.481 e. The lowest BCUT2D eigenvalue weighted by Crippen LogP contribution is -2.48. The quantitative estimate of drug-likeness (QED) is 0.672. The average Bonchev–Trinajstić information content (AvgIpc) is 2.43. The van der Waals surface area contributed by atoms with Gasteiger partial charge in [0.1, 0.15) is 0 Å². The summed E-state index contributed by atoms with van der Waals surface area (Å²) in [6.45, 7) is 3.94. The highest BCUT2D eigenvalue weighted by molar-refractivity contribution is 5.74. The summed E-state index contributed by atoms with van der Waals surface area (Å²) in [5.41, 5.74) is 0. The second-order valence-corrected chi connectivity index (χ2v) is 5.86. The molecule has 20 heavy (non-hydrogen) atoms. The molecule has 2 amide bonds. The largest absolute Gasteiger partial charge is 0.481 e. The maximum atomic E-state index is 11.9. The van der Waals surface area contributed by atoms with Crippen molar-refractivity contribution in [1.82, 2.24) is 10.6 Å². The zero-order valence-electron chi connectivity index (χ0n) is 12.7. The number of amides is 2. The van der Waals surface area contributed by atoms with Gasteiger partial charge in [-0.2, -0.15) is 0 Å². The van der Waals surface area contributed by atoms with Gasteiger partial charge in [-0.15, -0.1) is 0 Å². The molecule has 116 valence electrons. The van der Waals surface area contributed by atoms with E-state index in [9.17, 15) is 9.59 Å². The highest BCUT2D eigenvalue weighted by atomic mass is 16.4. The molecule has 0 aromatic rings. The molecule has 0 spiro atoms. The van der Waals surface area contributed by atoms with Gasteiger partial charge in [-0.25, -0.2) is 4.79 Å². The van der Waals surface area contributed by atoms with Gasteiger partial charge in [0.2, 0.25) is 0 Å². The molecule has 0 bridgehead atoms. The number of carboxylic acids is 1. The van der Waals surface area contributed by atoms with E-state index >= 15 is 0 Å². The van der Waals surface area contributed by atoms with Crippen molar-refractivity contribution in [2.75, 3.05) is 0 Å². The van der Waals surface area contributed by atoms with Crippen molar-refractivity contribution in [2.45, 2.75) is 77.3 Å². The Hall–Kier alpha value is -1.26. The number of hydrogen-bond acceptors (Lipinski definition) is 2. The van der Waals surface area contributed by atoms with Crippen molar-refractivity contribution in [3.8, 4) is 0 Å². The lowest BCUT2D eigenvalue weighted by atomic mass is 9.83. The van der Waals surface area contributed by atoms with Crippen LogP contribution in [0.15, 0.2) is 0 Å². The summed E-state index contributed by atoms with van der Waals surface area (Å²) in [5.74, 6) is -0.235. The van der Waals surface area contributed by atoms with Gasteiger partial charge in [-0.1, -0.05) is 26.2 Å². The zero-order chi connectivity index (χ0) is 15.0. The summed E-state index contributed by atoms with van der Waals surface area (Å²) in [6, 6.07) is -0.0442. The predicted octanol–water partition coefficient (Wildman–Crippen LogP) is 2.90. The van der Waals surface area contributed by atoms with E-state index in [0.29, 0.717) is 12.3 Å². The Labute approximate surface area is 121 Å². The maximum Gasteiger partial charge on any atom is 0.315 e. The fourth-order valence-electron chi connectivity index (χ4n) is 2.94. The van der Waals surface area contributed by atoms with Gasteiger partial charge in [0, 0.05) is 18.5 Å². The van der Waals surface area contributed by atoms with Gasteiger partial charge in [0.05, 0.1) is 0 Å².